The quantitative estimate of drug-likeness (QED) is 0.506. The predicted octanol–water partition coefficient (Wildman–Crippen LogP) is 2.25. The molecule has 0 spiro atoms. The summed E-state index contributed by atoms with van der Waals surface area (Å²) in [6.45, 7) is 6.89. The van der Waals surface area contributed by atoms with Crippen molar-refractivity contribution in [2.75, 3.05) is 13.1 Å². The van der Waals surface area contributed by atoms with E-state index in [0.29, 0.717) is 18.4 Å². The first-order chi connectivity index (χ1) is 6.74. The molecule has 0 bridgehead atoms. The second-order valence-corrected chi connectivity index (χ2v) is 4.32. The minimum atomic E-state index is 0.568. The number of likely N-dealkylation sites (tertiary alicyclic amines) is 1. The number of piperidine rings is 1. The van der Waals surface area contributed by atoms with Crippen LogP contribution in [-0.2, 0) is 4.79 Å². The summed E-state index contributed by atoms with van der Waals surface area (Å²) < 4.78 is 0. The number of allylic oxidation sites excluding steroid dienone is 1. The standard InChI is InChI=1S/C12H21NO/c1-11(2)13-8-5-7-12(10-13)6-3-4-9-14/h3,6,9,11-12H,4-5,7-8,10H2,1-2H3/b6-3-. The van der Waals surface area contributed by atoms with Crippen molar-refractivity contribution in [1.82, 2.24) is 4.90 Å². The van der Waals surface area contributed by atoms with Gasteiger partial charge in [-0.05, 0) is 39.2 Å². The normalized spacial score (nSPS) is 24.6. The summed E-state index contributed by atoms with van der Waals surface area (Å²) in [5.74, 6) is 0.658. The molecule has 0 aromatic heterocycles. The molecule has 80 valence electrons. The van der Waals surface area contributed by atoms with Crippen molar-refractivity contribution in [3.8, 4) is 0 Å². The van der Waals surface area contributed by atoms with E-state index in [2.05, 4.69) is 24.8 Å². The maximum absolute atomic E-state index is 10.2. The van der Waals surface area contributed by atoms with Gasteiger partial charge in [-0.1, -0.05) is 12.2 Å². The third-order valence-electron chi connectivity index (χ3n) is 2.86. The van der Waals surface area contributed by atoms with Crippen molar-refractivity contribution < 1.29 is 4.79 Å². The molecule has 1 atom stereocenters. The van der Waals surface area contributed by atoms with Crippen molar-refractivity contribution in [2.24, 2.45) is 5.92 Å². The molecule has 0 aromatic carbocycles. The van der Waals surface area contributed by atoms with Crippen molar-refractivity contribution in [1.29, 1.82) is 0 Å². The van der Waals surface area contributed by atoms with Gasteiger partial charge in [0, 0.05) is 19.0 Å². The highest BCUT2D eigenvalue weighted by atomic mass is 16.1. The summed E-state index contributed by atoms with van der Waals surface area (Å²) in [6, 6.07) is 0.650. The van der Waals surface area contributed by atoms with Crippen LogP contribution in [0, 0.1) is 5.92 Å². The molecule has 2 heteroatoms. The Hall–Kier alpha value is -0.630. The Labute approximate surface area is 87.0 Å². The molecule has 0 aromatic rings. The van der Waals surface area contributed by atoms with Crippen LogP contribution < -0.4 is 0 Å². The lowest BCUT2D eigenvalue weighted by atomic mass is 9.96. The van der Waals surface area contributed by atoms with Gasteiger partial charge in [0.25, 0.3) is 0 Å². The van der Waals surface area contributed by atoms with Crippen molar-refractivity contribution in [2.45, 2.75) is 39.2 Å². The van der Waals surface area contributed by atoms with E-state index >= 15 is 0 Å². The van der Waals surface area contributed by atoms with Gasteiger partial charge in [0.05, 0.1) is 0 Å². The summed E-state index contributed by atoms with van der Waals surface area (Å²) in [5, 5.41) is 0. The molecule has 1 rings (SSSR count). The maximum atomic E-state index is 10.2. The summed E-state index contributed by atoms with van der Waals surface area (Å²) in [5.41, 5.74) is 0. The van der Waals surface area contributed by atoms with Gasteiger partial charge >= 0.3 is 0 Å². The van der Waals surface area contributed by atoms with E-state index in [1.54, 1.807) is 0 Å². The van der Waals surface area contributed by atoms with Crippen LogP contribution in [-0.4, -0.2) is 30.3 Å². The number of rotatable bonds is 4. The molecule has 0 amide bonds. The SMILES string of the molecule is CC(C)N1CCCC(/C=C\CC=O)C1. The number of aldehydes is 1. The summed E-state index contributed by atoms with van der Waals surface area (Å²) in [6.07, 6.45) is 8.30. The Bertz CT molecular complexity index is 198. The number of nitrogens with zero attached hydrogens (tertiary/aromatic N) is 1. The first kappa shape index (κ1) is 11.4. The highest BCUT2D eigenvalue weighted by Crippen LogP contribution is 2.19. The highest BCUT2D eigenvalue weighted by molar-refractivity contribution is 5.51. The third kappa shape index (κ3) is 3.62. The Kier molecular flexibility index (Phi) is 4.88. The molecule has 1 unspecified atom stereocenters. The lowest BCUT2D eigenvalue weighted by Crippen LogP contribution is -2.39. The Morgan fingerprint density at radius 3 is 2.93 bits per heavy atom. The Balaban J connectivity index is 2.35. The molecule has 0 N–H and O–H groups in total. The summed E-state index contributed by atoms with van der Waals surface area (Å²) >= 11 is 0. The fourth-order valence-electron chi connectivity index (χ4n) is 1.99. The van der Waals surface area contributed by atoms with Gasteiger partial charge < -0.3 is 9.69 Å². The average molecular weight is 195 g/mol. The van der Waals surface area contributed by atoms with Gasteiger partial charge in [0.1, 0.15) is 6.29 Å². The number of hydrogen-bond acceptors (Lipinski definition) is 2. The molecule has 0 saturated carbocycles. The topological polar surface area (TPSA) is 20.3 Å². The number of carbonyl (C=O) groups is 1. The van der Waals surface area contributed by atoms with E-state index < -0.39 is 0 Å². The van der Waals surface area contributed by atoms with E-state index in [-0.39, 0.29) is 0 Å². The van der Waals surface area contributed by atoms with Crippen LogP contribution in [0.2, 0.25) is 0 Å². The molecule has 1 aliphatic rings. The average Bonchev–Trinajstić information content (AvgIpc) is 2.19. The fraction of sp³-hybridized carbons (Fsp3) is 0.750. The molecule has 14 heavy (non-hydrogen) atoms. The minimum absolute atomic E-state index is 0.568. The monoisotopic (exact) mass is 195 g/mol. The molecule has 1 heterocycles. The zero-order valence-corrected chi connectivity index (χ0v) is 9.28. The molecule has 1 aliphatic heterocycles. The van der Waals surface area contributed by atoms with Crippen molar-refractivity contribution >= 4 is 6.29 Å². The van der Waals surface area contributed by atoms with E-state index in [1.807, 2.05) is 6.08 Å². The van der Waals surface area contributed by atoms with Crippen LogP contribution in [0.5, 0.6) is 0 Å². The molecule has 2 nitrogen and oxygen atoms in total. The zero-order valence-electron chi connectivity index (χ0n) is 9.28. The predicted molar refractivity (Wildman–Crippen MR) is 59.3 cm³/mol. The lowest BCUT2D eigenvalue weighted by Gasteiger charge is -2.34. The van der Waals surface area contributed by atoms with Gasteiger partial charge in [-0.25, -0.2) is 0 Å². The van der Waals surface area contributed by atoms with Gasteiger partial charge in [-0.15, -0.1) is 0 Å². The lowest BCUT2D eigenvalue weighted by molar-refractivity contribution is -0.107. The second-order valence-electron chi connectivity index (χ2n) is 4.32. The maximum Gasteiger partial charge on any atom is 0.123 e. The number of hydrogen-bond donors (Lipinski definition) is 0. The summed E-state index contributed by atoms with van der Waals surface area (Å²) in [4.78, 5) is 12.7. The molecule has 0 aliphatic carbocycles. The van der Waals surface area contributed by atoms with Crippen LogP contribution in [0.25, 0.3) is 0 Å². The van der Waals surface area contributed by atoms with Gasteiger partial charge in [-0.2, -0.15) is 0 Å². The second kappa shape index (κ2) is 5.97. The molecule has 1 saturated heterocycles. The van der Waals surface area contributed by atoms with Crippen LogP contribution >= 0.6 is 0 Å². The molecule has 1 fully saturated rings. The highest BCUT2D eigenvalue weighted by Gasteiger charge is 2.19. The first-order valence-corrected chi connectivity index (χ1v) is 5.58. The number of carbonyl (C=O) groups excluding carboxylic acids is 1. The van der Waals surface area contributed by atoms with E-state index in [1.165, 1.54) is 19.4 Å². The van der Waals surface area contributed by atoms with E-state index in [9.17, 15) is 4.79 Å². The Morgan fingerprint density at radius 1 is 1.50 bits per heavy atom. The van der Waals surface area contributed by atoms with Crippen LogP contribution in [0.4, 0.5) is 0 Å². The summed E-state index contributed by atoms with van der Waals surface area (Å²) in [7, 11) is 0. The fourth-order valence-corrected chi connectivity index (χ4v) is 1.99. The molecular formula is C12H21NO. The minimum Gasteiger partial charge on any atom is -0.303 e. The van der Waals surface area contributed by atoms with Gasteiger partial charge in [-0.3, -0.25) is 0 Å². The first-order valence-electron chi connectivity index (χ1n) is 5.58. The van der Waals surface area contributed by atoms with E-state index in [4.69, 9.17) is 0 Å². The zero-order chi connectivity index (χ0) is 10.4. The van der Waals surface area contributed by atoms with Gasteiger partial charge in [0.2, 0.25) is 0 Å². The van der Waals surface area contributed by atoms with E-state index in [0.717, 1.165) is 12.8 Å². The Morgan fingerprint density at radius 2 is 2.29 bits per heavy atom. The molecule has 0 radical (unpaired) electrons. The van der Waals surface area contributed by atoms with Crippen LogP contribution in [0.15, 0.2) is 12.2 Å². The van der Waals surface area contributed by atoms with Gasteiger partial charge in [0.15, 0.2) is 0 Å². The molecular weight excluding hydrogens is 174 g/mol. The van der Waals surface area contributed by atoms with Crippen molar-refractivity contribution in [3.05, 3.63) is 12.2 Å². The van der Waals surface area contributed by atoms with Crippen LogP contribution in [0.1, 0.15) is 33.1 Å². The van der Waals surface area contributed by atoms with Crippen molar-refractivity contribution in [3.63, 3.8) is 0 Å². The van der Waals surface area contributed by atoms with Crippen LogP contribution in [0.3, 0.4) is 0 Å². The smallest absolute Gasteiger partial charge is 0.123 e. The largest absolute Gasteiger partial charge is 0.303 e. The third-order valence-corrected chi connectivity index (χ3v) is 2.86.